The van der Waals surface area contributed by atoms with Crippen LogP contribution in [0.5, 0.6) is 0 Å². The van der Waals surface area contributed by atoms with Gasteiger partial charge in [0.15, 0.2) is 0 Å². The Kier molecular flexibility index (Phi) is 4.11. The molecule has 1 nitrogen and oxygen atoms in total. The highest BCUT2D eigenvalue weighted by atomic mass is 35.5. The largest absolute Gasteiger partial charge is 0.303 e. The minimum atomic E-state index is -0.274. The third-order valence-corrected chi connectivity index (χ3v) is 3.05. The second-order valence-corrected chi connectivity index (χ2v) is 4.56. The Morgan fingerprint density at radius 2 is 1.89 bits per heavy atom. The third kappa shape index (κ3) is 3.17. The first kappa shape index (κ1) is 12.8. The van der Waals surface area contributed by atoms with Crippen LogP contribution in [0.1, 0.15) is 17.0 Å². The van der Waals surface area contributed by atoms with Gasteiger partial charge in [0.05, 0.1) is 0 Å². The van der Waals surface area contributed by atoms with Crippen LogP contribution in [0.25, 0.3) is 0 Å². The van der Waals surface area contributed by atoms with E-state index in [4.69, 9.17) is 11.6 Å². The summed E-state index contributed by atoms with van der Waals surface area (Å²) in [5.41, 5.74) is 1.80. The molecule has 0 saturated heterocycles. The Balaban J connectivity index is 2.19. The summed E-state index contributed by atoms with van der Waals surface area (Å²) in [6.07, 6.45) is 1.44. The quantitative estimate of drug-likeness (QED) is 0.761. The van der Waals surface area contributed by atoms with Gasteiger partial charge in [-0.2, -0.15) is 0 Å². The lowest BCUT2D eigenvalue weighted by molar-refractivity contribution is -0.109. The van der Waals surface area contributed by atoms with E-state index in [0.29, 0.717) is 11.4 Å². The van der Waals surface area contributed by atoms with Gasteiger partial charge < -0.3 is 4.79 Å². The minimum Gasteiger partial charge on any atom is -0.303 e. The summed E-state index contributed by atoms with van der Waals surface area (Å²) in [5.74, 6) is -0.529. The fraction of sp³-hybridized carbons (Fsp3) is 0.133. The molecule has 0 aliphatic rings. The highest BCUT2D eigenvalue weighted by Crippen LogP contribution is 2.22. The molecule has 0 N–H and O–H groups in total. The average molecular weight is 263 g/mol. The summed E-state index contributed by atoms with van der Waals surface area (Å²) in [4.78, 5) is 11.2. The maximum absolute atomic E-state index is 12.8. The lowest BCUT2D eigenvalue weighted by Crippen LogP contribution is -2.04. The van der Waals surface area contributed by atoms with E-state index in [9.17, 15) is 9.18 Å². The van der Waals surface area contributed by atoms with Crippen LogP contribution >= 0.6 is 11.6 Å². The van der Waals surface area contributed by atoms with Crippen molar-refractivity contribution in [3.8, 4) is 0 Å². The van der Waals surface area contributed by atoms with Gasteiger partial charge in [-0.1, -0.05) is 35.9 Å². The van der Waals surface area contributed by atoms with Gasteiger partial charge in [-0.25, -0.2) is 4.39 Å². The number of carbonyl (C=O) groups excluding carboxylic acids is 1. The molecule has 0 spiro atoms. The maximum atomic E-state index is 12.8. The molecular formula is C15H12ClFO. The fourth-order valence-corrected chi connectivity index (χ4v) is 2.05. The van der Waals surface area contributed by atoms with Gasteiger partial charge >= 0.3 is 0 Å². The number of aldehydes is 1. The van der Waals surface area contributed by atoms with E-state index < -0.39 is 0 Å². The van der Waals surface area contributed by atoms with Gasteiger partial charge in [0.25, 0.3) is 0 Å². The lowest BCUT2D eigenvalue weighted by Gasteiger charge is -2.11. The Bertz CT molecular complexity index is 536. The molecule has 0 bridgehead atoms. The first-order chi connectivity index (χ1) is 8.69. The minimum absolute atomic E-state index is 0.255. The van der Waals surface area contributed by atoms with Crippen LogP contribution in [-0.2, 0) is 11.2 Å². The van der Waals surface area contributed by atoms with Crippen molar-refractivity contribution >= 4 is 17.9 Å². The zero-order valence-corrected chi connectivity index (χ0v) is 10.4. The van der Waals surface area contributed by atoms with Crippen LogP contribution in [0.3, 0.4) is 0 Å². The van der Waals surface area contributed by atoms with Crippen LogP contribution < -0.4 is 0 Å². The molecule has 0 aliphatic carbocycles. The van der Waals surface area contributed by atoms with Crippen LogP contribution in [0.15, 0.2) is 48.5 Å². The summed E-state index contributed by atoms with van der Waals surface area (Å²) in [6.45, 7) is 0. The lowest BCUT2D eigenvalue weighted by atomic mass is 9.93. The van der Waals surface area contributed by atoms with E-state index in [0.717, 1.165) is 17.4 Å². The summed E-state index contributed by atoms with van der Waals surface area (Å²) < 4.78 is 12.8. The van der Waals surface area contributed by atoms with Crippen LogP contribution in [0, 0.1) is 5.82 Å². The summed E-state index contributed by atoms with van der Waals surface area (Å²) in [7, 11) is 0. The number of halogens is 2. The fourth-order valence-electron chi connectivity index (χ4n) is 1.86. The second-order valence-electron chi connectivity index (χ2n) is 4.13. The third-order valence-electron chi connectivity index (χ3n) is 2.81. The predicted molar refractivity (Wildman–Crippen MR) is 70.4 cm³/mol. The zero-order valence-electron chi connectivity index (χ0n) is 9.64. The number of hydrogen-bond acceptors (Lipinski definition) is 1. The summed E-state index contributed by atoms with van der Waals surface area (Å²) >= 11 is 5.90. The van der Waals surface area contributed by atoms with Crippen molar-refractivity contribution in [3.05, 3.63) is 70.5 Å². The van der Waals surface area contributed by atoms with Crippen molar-refractivity contribution in [2.24, 2.45) is 0 Å². The second kappa shape index (κ2) is 5.78. The molecule has 0 saturated carbocycles. The SMILES string of the molecule is O=CC(Cc1ccc(F)cc1)c1cccc(Cl)c1. The Labute approximate surface area is 110 Å². The Morgan fingerprint density at radius 1 is 1.17 bits per heavy atom. The number of rotatable bonds is 4. The van der Waals surface area contributed by atoms with Gasteiger partial charge in [-0.15, -0.1) is 0 Å². The van der Waals surface area contributed by atoms with Gasteiger partial charge in [0.1, 0.15) is 12.1 Å². The summed E-state index contributed by atoms with van der Waals surface area (Å²) in [5, 5.41) is 0.610. The molecule has 2 aromatic carbocycles. The van der Waals surface area contributed by atoms with Gasteiger partial charge in [-0.05, 0) is 41.8 Å². The molecule has 1 unspecified atom stereocenters. The molecule has 2 aromatic rings. The molecule has 3 heteroatoms. The van der Waals surface area contributed by atoms with E-state index in [1.807, 2.05) is 12.1 Å². The van der Waals surface area contributed by atoms with Crippen LogP contribution in [0.2, 0.25) is 5.02 Å². The standard InChI is InChI=1S/C15H12ClFO/c16-14-3-1-2-12(9-14)13(10-18)8-11-4-6-15(17)7-5-11/h1-7,9-10,13H,8H2. The number of benzene rings is 2. The molecule has 0 fully saturated rings. The molecular weight excluding hydrogens is 251 g/mol. The summed E-state index contributed by atoms with van der Waals surface area (Å²) in [6, 6.07) is 13.4. The molecule has 18 heavy (non-hydrogen) atoms. The maximum Gasteiger partial charge on any atom is 0.127 e. The van der Waals surface area contributed by atoms with Crippen molar-refractivity contribution in [2.45, 2.75) is 12.3 Å². The van der Waals surface area contributed by atoms with E-state index in [-0.39, 0.29) is 11.7 Å². The highest BCUT2D eigenvalue weighted by Gasteiger charge is 2.11. The van der Waals surface area contributed by atoms with Crippen molar-refractivity contribution in [3.63, 3.8) is 0 Å². The van der Waals surface area contributed by atoms with E-state index in [1.165, 1.54) is 12.1 Å². The van der Waals surface area contributed by atoms with E-state index >= 15 is 0 Å². The van der Waals surface area contributed by atoms with Gasteiger partial charge in [0.2, 0.25) is 0 Å². The van der Waals surface area contributed by atoms with Crippen molar-refractivity contribution in [1.82, 2.24) is 0 Å². The first-order valence-corrected chi connectivity index (χ1v) is 6.02. The number of hydrogen-bond donors (Lipinski definition) is 0. The van der Waals surface area contributed by atoms with Crippen LogP contribution in [-0.4, -0.2) is 6.29 Å². The molecule has 0 aromatic heterocycles. The smallest absolute Gasteiger partial charge is 0.127 e. The molecule has 0 amide bonds. The Morgan fingerprint density at radius 3 is 2.50 bits per heavy atom. The molecule has 0 heterocycles. The molecule has 2 rings (SSSR count). The number of carbonyl (C=O) groups is 1. The van der Waals surface area contributed by atoms with Gasteiger partial charge in [-0.3, -0.25) is 0 Å². The van der Waals surface area contributed by atoms with Crippen LogP contribution in [0.4, 0.5) is 4.39 Å². The molecule has 92 valence electrons. The topological polar surface area (TPSA) is 17.1 Å². The van der Waals surface area contributed by atoms with E-state index in [2.05, 4.69) is 0 Å². The molecule has 0 radical (unpaired) electrons. The molecule has 0 aliphatic heterocycles. The monoisotopic (exact) mass is 262 g/mol. The Hall–Kier alpha value is -1.67. The van der Waals surface area contributed by atoms with Crippen molar-refractivity contribution < 1.29 is 9.18 Å². The normalized spacial score (nSPS) is 12.1. The van der Waals surface area contributed by atoms with Crippen molar-refractivity contribution in [1.29, 1.82) is 0 Å². The zero-order chi connectivity index (χ0) is 13.0. The average Bonchev–Trinajstić information content (AvgIpc) is 2.38. The highest BCUT2D eigenvalue weighted by molar-refractivity contribution is 6.30. The van der Waals surface area contributed by atoms with Crippen molar-refractivity contribution in [2.75, 3.05) is 0 Å². The molecule has 1 atom stereocenters. The van der Waals surface area contributed by atoms with E-state index in [1.54, 1.807) is 24.3 Å². The first-order valence-electron chi connectivity index (χ1n) is 5.64. The predicted octanol–water partition coefficient (Wildman–Crippen LogP) is 4.00. The van der Waals surface area contributed by atoms with Gasteiger partial charge in [0, 0.05) is 10.9 Å².